The standard InChI is InChI=1S/C13H17N5O2/c1-16-6-4-12(15-16)13(19)17-7-10-3-5-14-18(10)11(8-17)9-20-2/h3-6,11H,7-9H2,1-2H3. The van der Waals surface area contributed by atoms with E-state index in [2.05, 4.69) is 10.2 Å². The van der Waals surface area contributed by atoms with Crippen molar-refractivity contribution in [1.29, 1.82) is 0 Å². The highest BCUT2D eigenvalue weighted by molar-refractivity contribution is 5.92. The van der Waals surface area contributed by atoms with Gasteiger partial charge in [0.2, 0.25) is 0 Å². The van der Waals surface area contributed by atoms with Gasteiger partial charge in [-0.25, -0.2) is 0 Å². The fraction of sp³-hybridized carbons (Fsp3) is 0.462. The predicted octanol–water partition coefficient (Wildman–Crippen LogP) is 0.460. The van der Waals surface area contributed by atoms with E-state index in [0.717, 1.165) is 5.69 Å². The summed E-state index contributed by atoms with van der Waals surface area (Å²) >= 11 is 0. The third kappa shape index (κ3) is 2.20. The van der Waals surface area contributed by atoms with Crippen molar-refractivity contribution in [3.05, 3.63) is 35.9 Å². The van der Waals surface area contributed by atoms with Crippen molar-refractivity contribution in [1.82, 2.24) is 24.5 Å². The minimum Gasteiger partial charge on any atom is -0.382 e. The molecule has 0 saturated carbocycles. The summed E-state index contributed by atoms with van der Waals surface area (Å²) in [5.41, 5.74) is 1.49. The number of hydrogen-bond acceptors (Lipinski definition) is 4. The number of aromatic nitrogens is 4. The van der Waals surface area contributed by atoms with Crippen LogP contribution in [0.1, 0.15) is 22.2 Å². The molecule has 0 fully saturated rings. The number of rotatable bonds is 3. The molecule has 3 rings (SSSR count). The van der Waals surface area contributed by atoms with Crippen LogP contribution in [0.15, 0.2) is 24.5 Å². The Labute approximate surface area is 116 Å². The monoisotopic (exact) mass is 275 g/mol. The number of amides is 1. The van der Waals surface area contributed by atoms with Crippen LogP contribution in [0.2, 0.25) is 0 Å². The first kappa shape index (κ1) is 12.9. The first-order chi connectivity index (χ1) is 9.69. The van der Waals surface area contributed by atoms with Gasteiger partial charge in [-0.05, 0) is 12.1 Å². The lowest BCUT2D eigenvalue weighted by atomic mass is 10.2. The summed E-state index contributed by atoms with van der Waals surface area (Å²) in [6.07, 6.45) is 3.53. The highest BCUT2D eigenvalue weighted by atomic mass is 16.5. The summed E-state index contributed by atoms with van der Waals surface area (Å²) in [6.45, 7) is 1.66. The Kier molecular flexibility index (Phi) is 3.27. The molecule has 0 aromatic carbocycles. The average Bonchev–Trinajstić information content (AvgIpc) is 3.06. The number of ether oxygens (including phenoxy) is 1. The largest absolute Gasteiger partial charge is 0.382 e. The van der Waals surface area contributed by atoms with Gasteiger partial charge in [0.25, 0.3) is 5.91 Å². The average molecular weight is 275 g/mol. The fourth-order valence-electron chi connectivity index (χ4n) is 2.55. The summed E-state index contributed by atoms with van der Waals surface area (Å²) < 4.78 is 8.80. The molecule has 0 spiro atoms. The number of nitrogens with zero attached hydrogens (tertiary/aromatic N) is 5. The Morgan fingerprint density at radius 2 is 2.35 bits per heavy atom. The van der Waals surface area contributed by atoms with Crippen molar-refractivity contribution in [2.24, 2.45) is 7.05 Å². The zero-order valence-corrected chi connectivity index (χ0v) is 11.6. The Bertz CT molecular complexity index is 618. The molecular formula is C13H17N5O2. The molecule has 106 valence electrons. The Balaban J connectivity index is 1.84. The summed E-state index contributed by atoms with van der Waals surface area (Å²) in [4.78, 5) is 14.3. The van der Waals surface area contributed by atoms with Crippen molar-refractivity contribution < 1.29 is 9.53 Å². The van der Waals surface area contributed by atoms with Gasteiger partial charge in [0, 0.05) is 33.1 Å². The zero-order valence-electron chi connectivity index (χ0n) is 11.6. The van der Waals surface area contributed by atoms with Crippen LogP contribution < -0.4 is 0 Å². The van der Waals surface area contributed by atoms with Crippen LogP contribution in [0.25, 0.3) is 0 Å². The molecular weight excluding hydrogens is 258 g/mol. The molecule has 7 nitrogen and oxygen atoms in total. The maximum Gasteiger partial charge on any atom is 0.274 e. The van der Waals surface area contributed by atoms with Gasteiger partial charge in [-0.1, -0.05) is 0 Å². The van der Waals surface area contributed by atoms with E-state index in [4.69, 9.17) is 4.74 Å². The van der Waals surface area contributed by atoms with Crippen LogP contribution in [0.5, 0.6) is 0 Å². The molecule has 2 aromatic rings. The molecule has 2 aromatic heterocycles. The van der Waals surface area contributed by atoms with E-state index in [0.29, 0.717) is 25.4 Å². The molecule has 0 radical (unpaired) electrons. The van der Waals surface area contributed by atoms with Gasteiger partial charge in [0.1, 0.15) is 5.69 Å². The van der Waals surface area contributed by atoms with E-state index in [1.165, 1.54) is 0 Å². The van der Waals surface area contributed by atoms with Gasteiger partial charge in [0.05, 0.1) is 24.9 Å². The van der Waals surface area contributed by atoms with Gasteiger partial charge < -0.3 is 9.64 Å². The van der Waals surface area contributed by atoms with E-state index in [1.54, 1.807) is 42.2 Å². The summed E-state index contributed by atoms with van der Waals surface area (Å²) in [5.74, 6) is -0.0563. The van der Waals surface area contributed by atoms with Crippen LogP contribution >= 0.6 is 0 Å². The van der Waals surface area contributed by atoms with Gasteiger partial charge in [-0.2, -0.15) is 10.2 Å². The third-order valence-electron chi connectivity index (χ3n) is 3.46. The van der Waals surface area contributed by atoms with E-state index in [1.807, 2.05) is 10.7 Å². The molecule has 0 aliphatic carbocycles. The highest BCUT2D eigenvalue weighted by Crippen LogP contribution is 2.21. The lowest BCUT2D eigenvalue weighted by molar-refractivity contribution is 0.0572. The van der Waals surface area contributed by atoms with Crippen LogP contribution in [0.4, 0.5) is 0 Å². The van der Waals surface area contributed by atoms with E-state index >= 15 is 0 Å². The van der Waals surface area contributed by atoms with Gasteiger partial charge >= 0.3 is 0 Å². The second kappa shape index (κ2) is 5.09. The van der Waals surface area contributed by atoms with E-state index < -0.39 is 0 Å². The quantitative estimate of drug-likeness (QED) is 0.816. The third-order valence-corrected chi connectivity index (χ3v) is 3.46. The summed E-state index contributed by atoms with van der Waals surface area (Å²) in [7, 11) is 3.46. The van der Waals surface area contributed by atoms with Crippen molar-refractivity contribution >= 4 is 5.91 Å². The van der Waals surface area contributed by atoms with Crippen LogP contribution in [-0.2, 0) is 18.3 Å². The Hall–Kier alpha value is -2.15. The number of aryl methyl sites for hydroxylation is 1. The van der Waals surface area contributed by atoms with Gasteiger partial charge in [0.15, 0.2) is 0 Å². The number of carbonyl (C=O) groups excluding carboxylic acids is 1. The summed E-state index contributed by atoms with van der Waals surface area (Å²) in [6, 6.07) is 3.71. The molecule has 3 heterocycles. The molecule has 1 aliphatic rings. The van der Waals surface area contributed by atoms with Crippen molar-refractivity contribution in [3.8, 4) is 0 Å². The van der Waals surface area contributed by atoms with Gasteiger partial charge in [-0.3, -0.25) is 14.2 Å². The summed E-state index contributed by atoms with van der Waals surface area (Å²) in [5, 5.41) is 8.48. The maximum atomic E-state index is 12.5. The molecule has 20 heavy (non-hydrogen) atoms. The normalized spacial score (nSPS) is 18.1. The van der Waals surface area contributed by atoms with Crippen LogP contribution in [-0.4, -0.2) is 50.6 Å². The lowest BCUT2D eigenvalue weighted by Gasteiger charge is -2.33. The molecule has 1 atom stereocenters. The molecule has 0 saturated heterocycles. The number of carbonyl (C=O) groups is 1. The molecule has 7 heteroatoms. The number of hydrogen-bond donors (Lipinski definition) is 0. The van der Waals surface area contributed by atoms with Crippen molar-refractivity contribution in [2.45, 2.75) is 12.6 Å². The van der Waals surface area contributed by atoms with Crippen LogP contribution in [0, 0.1) is 0 Å². The zero-order chi connectivity index (χ0) is 14.1. The smallest absolute Gasteiger partial charge is 0.274 e. The second-order valence-electron chi connectivity index (χ2n) is 4.94. The topological polar surface area (TPSA) is 65.2 Å². The first-order valence-corrected chi connectivity index (χ1v) is 6.49. The van der Waals surface area contributed by atoms with Crippen LogP contribution in [0.3, 0.4) is 0 Å². The Morgan fingerprint density at radius 1 is 1.50 bits per heavy atom. The SMILES string of the molecule is COCC1CN(C(=O)c2ccn(C)n2)Cc2ccnn21. The fourth-order valence-corrected chi connectivity index (χ4v) is 2.55. The van der Waals surface area contributed by atoms with E-state index in [9.17, 15) is 4.79 Å². The number of fused-ring (bicyclic) bond motifs is 1. The van der Waals surface area contributed by atoms with Gasteiger partial charge in [-0.15, -0.1) is 0 Å². The Morgan fingerprint density at radius 3 is 3.05 bits per heavy atom. The molecule has 1 aliphatic heterocycles. The van der Waals surface area contributed by atoms with Crippen molar-refractivity contribution in [3.63, 3.8) is 0 Å². The first-order valence-electron chi connectivity index (χ1n) is 6.49. The molecule has 1 amide bonds. The lowest BCUT2D eigenvalue weighted by Crippen LogP contribution is -2.42. The molecule has 0 bridgehead atoms. The second-order valence-corrected chi connectivity index (χ2v) is 4.94. The number of methoxy groups -OCH3 is 1. The molecule has 1 unspecified atom stereocenters. The minimum absolute atomic E-state index is 0.0476. The van der Waals surface area contributed by atoms with E-state index in [-0.39, 0.29) is 11.9 Å². The maximum absolute atomic E-state index is 12.5. The molecule has 0 N–H and O–H groups in total. The highest BCUT2D eigenvalue weighted by Gasteiger charge is 2.29. The minimum atomic E-state index is -0.0563. The van der Waals surface area contributed by atoms with Crippen molar-refractivity contribution in [2.75, 3.05) is 20.3 Å². The predicted molar refractivity (Wildman–Crippen MR) is 71.1 cm³/mol.